The van der Waals surface area contributed by atoms with E-state index in [0.29, 0.717) is 0 Å². The summed E-state index contributed by atoms with van der Waals surface area (Å²) in [5, 5.41) is 1.26. The van der Waals surface area contributed by atoms with Crippen LogP contribution in [0.2, 0.25) is 0 Å². The van der Waals surface area contributed by atoms with Crippen LogP contribution in [0.25, 0.3) is 19.5 Å². The number of carbonyl (C=O) groups excluding carboxylic acids is 1. The molecular weight excluding hydrogens is 388 g/mol. The van der Waals surface area contributed by atoms with Crippen LogP contribution in [-0.2, 0) is 0 Å². The standard InChI is InChI=1S/C22H20N2O2S2/c1-26-17-8-4-3-7-16(17)23-10-12-24(13-11-23)22(25)20-14-19-21(28-20)15-6-2-5-9-18(15)27-19/h2-9,14H,10-13H2,1H3. The highest BCUT2D eigenvalue weighted by Gasteiger charge is 2.25. The van der Waals surface area contributed by atoms with Crippen molar-refractivity contribution in [2.45, 2.75) is 0 Å². The van der Waals surface area contributed by atoms with E-state index < -0.39 is 0 Å². The number of ether oxygens (including phenoxy) is 1. The molecule has 1 aliphatic heterocycles. The summed E-state index contributed by atoms with van der Waals surface area (Å²) in [5.41, 5.74) is 1.10. The third kappa shape index (κ3) is 2.93. The number of amides is 1. The lowest BCUT2D eigenvalue weighted by Crippen LogP contribution is -2.48. The maximum atomic E-state index is 13.1. The molecule has 0 bridgehead atoms. The lowest BCUT2D eigenvalue weighted by atomic mass is 10.2. The summed E-state index contributed by atoms with van der Waals surface area (Å²) in [6.07, 6.45) is 0. The fourth-order valence-corrected chi connectivity index (χ4v) is 6.30. The van der Waals surface area contributed by atoms with Crippen molar-refractivity contribution in [3.63, 3.8) is 0 Å². The molecule has 4 aromatic rings. The number of hydrogen-bond donors (Lipinski definition) is 0. The molecule has 28 heavy (non-hydrogen) atoms. The van der Waals surface area contributed by atoms with Gasteiger partial charge in [0.05, 0.1) is 22.4 Å². The molecule has 1 fully saturated rings. The second-order valence-electron chi connectivity index (χ2n) is 6.85. The zero-order valence-corrected chi connectivity index (χ0v) is 17.2. The summed E-state index contributed by atoms with van der Waals surface area (Å²) in [6.45, 7) is 3.08. The summed E-state index contributed by atoms with van der Waals surface area (Å²) in [5.74, 6) is 1.03. The molecule has 0 aliphatic carbocycles. The van der Waals surface area contributed by atoms with Crippen molar-refractivity contribution in [1.82, 2.24) is 4.90 Å². The van der Waals surface area contributed by atoms with Crippen LogP contribution in [0.15, 0.2) is 54.6 Å². The molecule has 2 aromatic carbocycles. The number of thiophene rings is 2. The van der Waals surface area contributed by atoms with Crippen molar-refractivity contribution in [3.8, 4) is 5.75 Å². The molecule has 142 valence electrons. The van der Waals surface area contributed by atoms with Gasteiger partial charge in [0.15, 0.2) is 0 Å². The van der Waals surface area contributed by atoms with E-state index in [1.165, 1.54) is 19.5 Å². The highest BCUT2D eigenvalue weighted by Crippen LogP contribution is 2.39. The normalized spacial score (nSPS) is 14.8. The quantitative estimate of drug-likeness (QED) is 0.473. The average molecular weight is 409 g/mol. The van der Waals surface area contributed by atoms with Gasteiger partial charge in [-0.3, -0.25) is 4.79 Å². The average Bonchev–Trinajstić information content (AvgIpc) is 3.31. The Morgan fingerprint density at radius 2 is 1.68 bits per heavy atom. The van der Waals surface area contributed by atoms with Gasteiger partial charge in [0, 0.05) is 41.0 Å². The zero-order chi connectivity index (χ0) is 19.1. The molecule has 4 nitrogen and oxygen atoms in total. The molecule has 0 saturated carbocycles. The Morgan fingerprint density at radius 3 is 2.50 bits per heavy atom. The van der Waals surface area contributed by atoms with Crippen molar-refractivity contribution in [2.24, 2.45) is 0 Å². The fourth-order valence-electron chi connectivity index (χ4n) is 3.80. The Morgan fingerprint density at radius 1 is 0.929 bits per heavy atom. The van der Waals surface area contributed by atoms with Gasteiger partial charge in [-0.2, -0.15) is 0 Å². The lowest BCUT2D eigenvalue weighted by molar-refractivity contribution is 0.0751. The van der Waals surface area contributed by atoms with E-state index in [9.17, 15) is 4.79 Å². The van der Waals surface area contributed by atoms with Crippen LogP contribution in [-0.4, -0.2) is 44.1 Å². The summed E-state index contributed by atoms with van der Waals surface area (Å²) in [7, 11) is 1.70. The number of benzene rings is 2. The first-order valence-electron chi connectivity index (χ1n) is 9.33. The summed E-state index contributed by atoms with van der Waals surface area (Å²) in [6, 6.07) is 18.6. The first-order valence-corrected chi connectivity index (χ1v) is 11.0. The predicted molar refractivity (Wildman–Crippen MR) is 118 cm³/mol. The van der Waals surface area contributed by atoms with Crippen LogP contribution < -0.4 is 9.64 Å². The molecule has 0 spiro atoms. The predicted octanol–water partition coefficient (Wildman–Crippen LogP) is 5.09. The lowest BCUT2D eigenvalue weighted by Gasteiger charge is -2.36. The zero-order valence-electron chi connectivity index (χ0n) is 15.6. The minimum absolute atomic E-state index is 0.150. The van der Waals surface area contributed by atoms with E-state index in [1.807, 2.05) is 23.1 Å². The number of methoxy groups -OCH3 is 1. The van der Waals surface area contributed by atoms with E-state index in [1.54, 1.807) is 29.8 Å². The first kappa shape index (κ1) is 17.5. The van der Waals surface area contributed by atoms with Crippen molar-refractivity contribution >= 4 is 53.8 Å². The number of carbonyl (C=O) groups is 1. The van der Waals surface area contributed by atoms with Gasteiger partial charge >= 0.3 is 0 Å². The van der Waals surface area contributed by atoms with Crippen molar-refractivity contribution in [3.05, 3.63) is 59.5 Å². The molecule has 3 heterocycles. The van der Waals surface area contributed by atoms with E-state index in [0.717, 1.165) is 42.5 Å². The van der Waals surface area contributed by atoms with E-state index in [2.05, 4.69) is 41.3 Å². The Hall–Kier alpha value is -2.57. The monoisotopic (exact) mass is 408 g/mol. The molecule has 1 amide bonds. The molecule has 5 rings (SSSR count). The number of rotatable bonds is 3. The van der Waals surface area contributed by atoms with Gasteiger partial charge in [0.25, 0.3) is 5.91 Å². The molecular formula is C22H20N2O2S2. The highest BCUT2D eigenvalue weighted by atomic mass is 32.1. The van der Waals surface area contributed by atoms with E-state index >= 15 is 0 Å². The van der Waals surface area contributed by atoms with E-state index in [-0.39, 0.29) is 5.91 Å². The van der Waals surface area contributed by atoms with Crippen molar-refractivity contribution < 1.29 is 9.53 Å². The van der Waals surface area contributed by atoms with Crippen LogP contribution in [0.1, 0.15) is 9.67 Å². The molecule has 2 aromatic heterocycles. The van der Waals surface area contributed by atoms with E-state index in [4.69, 9.17) is 4.74 Å². The number of anilines is 1. The largest absolute Gasteiger partial charge is 0.495 e. The highest BCUT2D eigenvalue weighted by molar-refractivity contribution is 7.33. The molecule has 0 N–H and O–H groups in total. The minimum atomic E-state index is 0.150. The molecule has 1 saturated heterocycles. The van der Waals surface area contributed by atoms with Gasteiger partial charge in [-0.1, -0.05) is 30.3 Å². The maximum absolute atomic E-state index is 13.1. The van der Waals surface area contributed by atoms with Gasteiger partial charge in [0.1, 0.15) is 5.75 Å². The Balaban J connectivity index is 1.34. The third-order valence-corrected chi connectivity index (χ3v) is 7.66. The van der Waals surface area contributed by atoms with Crippen LogP contribution in [0, 0.1) is 0 Å². The second kappa shape index (κ2) is 7.11. The Bertz CT molecular complexity index is 1160. The number of para-hydroxylation sites is 2. The smallest absolute Gasteiger partial charge is 0.264 e. The summed E-state index contributed by atoms with van der Waals surface area (Å²) < 4.78 is 9.21. The Labute approximate surface area is 171 Å². The van der Waals surface area contributed by atoms with Gasteiger partial charge in [-0.25, -0.2) is 0 Å². The van der Waals surface area contributed by atoms with Gasteiger partial charge in [-0.15, -0.1) is 22.7 Å². The number of nitrogens with zero attached hydrogens (tertiary/aromatic N) is 2. The van der Waals surface area contributed by atoms with Gasteiger partial charge < -0.3 is 14.5 Å². The van der Waals surface area contributed by atoms with Crippen LogP contribution in [0.4, 0.5) is 5.69 Å². The fraction of sp³-hybridized carbons (Fsp3) is 0.227. The molecule has 0 unspecified atom stereocenters. The van der Waals surface area contributed by atoms with Crippen LogP contribution in [0.5, 0.6) is 5.75 Å². The minimum Gasteiger partial charge on any atom is -0.495 e. The summed E-state index contributed by atoms with van der Waals surface area (Å²) in [4.78, 5) is 18.2. The van der Waals surface area contributed by atoms with Gasteiger partial charge in [0.2, 0.25) is 0 Å². The first-order chi connectivity index (χ1) is 13.7. The summed E-state index contributed by atoms with van der Waals surface area (Å²) >= 11 is 3.39. The number of hydrogen-bond acceptors (Lipinski definition) is 5. The molecule has 0 radical (unpaired) electrons. The third-order valence-electron chi connectivity index (χ3n) is 5.25. The van der Waals surface area contributed by atoms with Crippen LogP contribution in [0.3, 0.4) is 0 Å². The van der Waals surface area contributed by atoms with Crippen LogP contribution >= 0.6 is 22.7 Å². The molecule has 6 heteroatoms. The number of piperazine rings is 1. The molecule has 0 atom stereocenters. The topological polar surface area (TPSA) is 32.8 Å². The maximum Gasteiger partial charge on any atom is 0.264 e. The Kier molecular flexibility index (Phi) is 4.45. The second-order valence-corrected chi connectivity index (χ2v) is 8.99. The number of fused-ring (bicyclic) bond motifs is 3. The van der Waals surface area contributed by atoms with Gasteiger partial charge in [-0.05, 0) is 24.3 Å². The van der Waals surface area contributed by atoms with Crippen molar-refractivity contribution in [2.75, 3.05) is 38.2 Å². The SMILES string of the molecule is COc1ccccc1N1CCN(C(=O)c2cc3sc4ccccc4c3s2)CC1. The molecule has 1 aliphatic rings. The van der Waals surface area contributed by atoms with Crippen molar-refractivity contribution in [1.29, 1.82) is 0 Å².